The highest BCUT2D eigenvalue weighted by molar-refractivity contribution is 5.94. The van der Waals surface area contributed by atoms with Gasteiger partial charge in [-0.3, -0.25) is 14.9 Å². The van der Waals surface area contributed by atoms with Gasteiger partial charge in [0.2, 0.25) is 11.8 Å². The Labute approximate surface area is 199 Å². The minimum absolute atomic E-state index is 0.0333. The standard InChI is InChI=1S/C25H31N3O6/c1-32-16-17-34-25(31)27-21-7-5-6-20(18-21)26-24(30)19-10-13-28(14-11-19)23(29)12-15-33-22-8-3-2-4-9-22/h2-9,18-19H,10-17H2,1H3,(H,26,30)(H,27,31). The molecule has 2 N–H and O–H groups in total. The van der Waals surface area contributed by atoms with Crippen molar-refractivity contribution in [1.82, 2.24) is 4.90 Å². The zero-order valence-electron chi connectivity index (χ0n) is 19.3. The zero-order valence-corrected chi connectivity index (χ0v) is 19.3. The molecule has 1 aliphatic rings. The minimum Gasteiger partial charge on any atom is -0.493 e. The number of methoxy groups -OCH3 is 1. The fourth-order valence-corrected chi connectivity index (χ4v) is 3.61. The Kier molecular flexibility index (Phi) is 9.72. The number of benzene rings is 2. The minimum atomic E-state index is -0.591. The van der Waals surface area contributed by atoms with Gasteiger partial charge in [0.1, 0.15) is 12.4 Å². The normalized spacial score (nSPS) is 13.7. The molecule has 1 fully saturated rings. The molecule has 0 unspecified atom stereocenters. The van der Waals surface area contributed by atoms with Crippen molar-refractivity contribution >= 4 is 29.3 Å². The highest BCUT2D eigenvalue weighted by atomic mass is 16.6. The third-order valence-corrected chi connectivity index (χ3v) is 5.44. The maximum absolute atomic E-state index is 12.7. The summed E-state index contributed by atoms with van der Waals surface area (Å²) in [5, 5.41) is 5.52. The number of anilines is 2. The molecule has 1 aliphatic heterocycles. The zero-order chi connectivity index (χ0) is 24.2. The lowest BCUT2D eigenvalue weighted by molar-refractivity contribution is -0.135. The monoisotopic (exact) mass is 469 g/mol. The van der Waals surface area contributed by atoms with E-state index in [0.717, 1.165) is 5.75 Å². The van der Waals surface area contributed by atoms with E-state index >= 15 is 0 Å². The predicted octanol–water partition coefficient (Wildman–Crippen LogP) is 3.53. The molecule has 1 heterocycles. The average Bonchev–Trinajstić information content (AvgIpc) is 2.85. The van der Waals surface area contributed by atoms with Crippen molar-refractivity contribution < 1.29 is 28.6 Å². The lowest BCUT2D eigenvalue weighted by Gasteiger charge is -2.31. The molecule has 3 amide bonds. The van der Waals surface area contributed by atoms with Crippen LogP contribution in [0, 0.1) is 5.92 Å². The molecule has 1 saturated heterocycles. The molecule has 9 heteroatoms. The molecule has 2 aromatic rings. The van der Waals surface area contributed by atoms with E-state index in [1.54, 1.807) is 29.2 Å². The van der Waals surface area contributed by atoms with Crippen LogP contribution in [-0.2, 0) is 19.1 Å². The second-order valence-electron chi connectivity index (χ2n) is 7.89. The van der Waals surface area contributed by atoms with Crippen molar-refractivity contribution in [2.45, 2.75) is 19.3 Å². The number of hydrogen-bond donors (Lipinski definition) is 2. The van der Waals surface area contributed by atoms with Crippen LogP contribution in [0.5, 0.6) is 5.75 Å². The maximum atomic E-state index is 12.7. The van der Waals surface area contributed by atoms with Gasteiger partial charge in [-0.1, -0.05) is 24.3 Å². The van der Waals surface area contributed by atoms with Crippen LogP contribution in [0.4, 0.5) is 16.2 Å². The van der Waals surface area contributed by atoms with Crippen molar-refractivity contribution in [1.29, 1.82) is 0 Å². The van der Waals surface area contributed by atoms with Crippen LogP contribution >= 0.6 is 0 Å². The molecular formula is C25H31N3O6. The predicted molar refractivity (Wildman–Crippen MR) is 128 cm³/mol. The first-order chi connectivity index (χ1) is 16.5. The first kappa shape index (κ1) is 25.0. The van der Waals surface area contributed by atoms with E-state index in [9.17, 15) is 14.4 Å². The van der Waals surface area contributed by atoms with Gasteiger partial charge in [-0.05, 0) is 43.2 Å². The fourth-order valence-electron chi connectivity index (χ4n) is 3.61. The van der Waals surface area contributed by atoms with Crippen LogP contribution in [0.3, 0.4) is 0 Å². The third-order valence-electron chi connectivity index (χ3n) is 5.44. The van der Waals surface area contributed by atoms with Crippen LogP contribution in [0.2, 0.25) is 0 Å². The van der Waals surface area contributed by atoms with Crippen molar-refractivity contribution in [2.24, 2.45) is 5.92 Å². The van der Waals surface area contributed by atoms with Crippen molar-refractivity contribution in [3.8, 4) is 5.75 Å². The summed E-state index contributed by atoms with van der Waals surface area (Å²) in [7, 11) is 1.53. The topological polar surface area (TPSA) is 106 Å². The second kappa shape index (κ2) is 13.2. The summed E-state index contributed by atoms with van der Waals surface area (Å²) in [5.74, 6) is 0.499. The average molecular weight is 470 g/mol. The molecular weight excluding hydrogens is 438 g/mol. The number of piperidine rings is 1. The summed E-state index contributed by atoms with van der Waals surface area (Å²) in [6.45, 7) is 1.87. The van der Waals surface area contributed by atoms with Gasteiger partial charge >= 0.3 is 6.09 Å². The summed E-state index contributed by atoms with van der Waals surface area (Å²) >= 11 is 0. The Morgan fingerprint density at radius 3 is 2.32 bits per heavy atom. The number of hydrogen-bond acceptors (Lipinski definition) is 6. The summed E-state index contributed by atoms with van der Waals surface area (Å²) in [6.07, 6.45) is 0.910. The first-order valence-electron chi connectivity index (χ1n) is 11.3. The third kappa shape index (κ3) is 8.08. The van der Waals surface area contributed by atoms with Gasteiger partial charge in [0.15, 0.2) is 0 Å². The molecule has 9 nitrogen and oxygen atoms in total. The maximum Gasteiger partial charge on any atom is 0.411 e. The quantitative estimate of drug-likeness (QED) is 0.516. The lowest BCUT2D eigenvalue weighted by Crippen LogP contribution is -2.41. The van der Waals surface area contributed by atoms with Crippen molar-refractivity contribution in [3.05, 3.63) is 54.6 Å². The Hall–Kier alpha value is -3.59. The summed E-state index contributed by atoms with van der Waals surface area (Å²) < 4.78 is 15.4. The number of ether oxygens (including phenoxy) is 3. The number of likely N-dealkylation sites (tertiary alicyclic amines) is 1. The van der Waals surface area contributed by atoms with Gasteiger partial charge in [0.05, 0.1) is 19.6 Å². The smallest absolute Gasteiger partial charge is 0.411 e. The molecule has 182 valence electrons. The van der Waals surface area contributed by atoms with Crippen LogP contribution in [0.25, 0.3) is 0 Å². The molecule has 0 spiro atoms. The van der Waals surface area contributed by atoms with Gasteiger partial charge in [-0.2, -0.15) is 0 Å². The molecule has 0 aliphatic carbocycles. The summed E-state index contributed by atoms with van der Waals surface area (Å²) in [4.78, 5) is 38.7. The molecule has 34 heavy (non-hydrogen) atoms. The van der Waals surface area contributed by atoms with Gasteiger partial charge in [-0.25, -0.2) is 4.79 Å². The number of para-hydroxylation sites is 1. The van der Waals surface area contributed by atoms with E-state index < -0.39 is 6.09 Å². The number of nitrogens with one attached hydrogen (secondary N) is 2. The number of carbonyl (C=O) groups is 3. The number of nitrogens with zero attached hydrogens (tertiary/aromatic N) is 1. The highest BCUT2D eigenvalue weighted by Crippen LogP contribution is 2.22. The fraction of sp³-hybridized carbons (Fsp3) is 0.400. The Balaban J connectivity index is 1.39. The molecule has 2 aromatic carbocycles. The molecule has 0 aromatic heterocycles. The highest BCUT2D eigenvalue weighted by Gasteiger charge is 2.27. The van der Waals surface area contributed by atoms with Crippen LogP contribution in [0.15, 0.2) is 54.6 Å². The van der Waals surface area contributed by atoms with E-state index in [-0.39, 0.29) is 24.3 Å². The Bertz CT molecular complexity index is 945. The SMILES string of the molecule is COCCOC(=O)Nc1cccc(NC(=O)C2CCN(C(=O)CCOc3ccccc3)CC2)c1. The molecule has 3 rings (SSSR count). The number of carbonyl (C=O) groups excluding carboxylic acids is 3. The van der Waals surface area contributed by atoms with Gasteiger partial charge in [0, 0.05) is 37.5 Å². The van der Waals surface area contributed by atoms with Gasteiger partial charge in [-0.15, -0.1) is 0 Å². The van der Waals surface area contributed by atoms with E-state index in [4.69, 9.17) is 14.2 Å². The van der Waals surface area contributed by atoms with Gasteiger partial charge < -0.3 is 24.4 Å². The van der Waals surface area contributed by atoms with Gasteiger partial charge in [0.25, 0.3) is 0 Å². The molecule has 0 saturated carbocycles. The Morgan fingerprint density at radius 1 is 0.912 bits per heavy atom. The van der Waals surface area contributed by atoms with Crippen LogP contribution < -0.4 is 15.4 Å². The van der Waals surface area contributed by atoms with E-state index in [1.807, 2.05) is 30.3 Å². The van der Waals surface area contributed by atoms with Crippen molar-refractivity contribution in [3.63, 3.8) is 0 Å². The lowest BCUT2D eigenvalue weighted by atomic mass is 9.95. The molecule has 0 radical (unpaired) electrons. The largest absolute Gasteiger partial charge is 0.493 e. The van der Waals surface area contributed by atoms with Crippen LogP contribution in [-0.4, -0.2) is 62.8 Å². The van der Waals surface area contributed by atoms with E-state index in [1.165, 1.54) is 7.11 Å². The van der Waals surface area contributed by atoms with E-state index in [0.29, 0.717) is 56.9 Å². The van der Waals surface area contributed by atoms with Crippen LogP contribution in [0.1, 0.15) is 19.3 Å². The molecule has 0 bridgehead atoms. The number of amides is 3. The van der Waals surface area contributed by atoms with Crippen molar-refractivity contribution in [2.75, 3.05) is 50.7 Å². The number of rotatable bonds is 10. The molecule has 0 atom stereocenters. The summed E-state index contributed by atoms with van der Waals surface area (Å²) in [6, 6.07) is 16.3. The first-order valence-corrected chi connectivity index (χ1v) is 11.3. The summed E-state index contributed by atoms with van der Waals surface area (Å²) in [5.41, 5.74) is 1.09. The Morgan fingerprint density at radius 2 is 1.62 bits per heavy atom. The second-order valence-corrected chi connectivity index (χ2v) is 7.89. The van der Waals surface area contributed by atoms with E-state index in [2.05, 4.69) is 10.6 Å².